The van der Waals surface area contributed by atoms with E-state index in [1.165, 1.54) is 11.3 Å². The number of rotatable bonds is 5. The van der Waals surface area contributed by atoms with E-state index < -0.39 is 5.60 Å². The number of likely N-dealkylation sites (N-methyl/N-ethyl adjacent to an activating group) is 1. The highest BCUT2D eigenvalue weighted by molar-refractivity contribution is 7.13. The minimum absolute atomic E-state index is 0.247. The zero-order valence-electron chi connectivity index (χ0n) is 16.4. The summed E-state index contributed by atoms with van der Waals surface area (Å²) in [5.74, 6) is 0.292. The van der Waals surface area contributed by atoms with Crippen LogP contribution in [0.25, 0.3) is 22.0 Å². The molecule has 0 saturated carbocycles. The molecule has 30 heavy (non-hydrogen) atoms. The molecule has 154 valence electrons. The maximum Gasteiger partial charge on any atom is 0.258 e. The van der Waals surface area contributed by atoms with E-state index >= 15 is 0 Å². The van der Waals surface area contributed by atoms with Gasteiger partial charge >= 0.3 is 0 Å². The van der Waals surface area contributed by atoms with Gasteiger partial charge in [0.05, 0.1) is 24.9 Å². The lowest BCUT2D eigenvalue weighted by molar-refractivity contribution is -0.143. The highest BCUT2D eigenvalue weighted by Gasteiger charge is 2.45. The van der Waals surface area contributed by atoms with E-state index in [0.717, 1.165) is 22.0 Å². The van der Waals surface area contributed by atoms with E-state index in [-0.39, 0.29) is 11.9 Å². The summed E-state index contributed by atoms with van der Waals surface area (Å²) in [7, 11) is 1.71. The van der Waals surface area contributed by atoms with Gasteiger partial charge in [0.1, 0.15) is 10.7 Å². The van der Waals surface area contributed by atoms with Gasteiger partial charge in [-0.2, -0.15) is 0 Å². The maximum absolute atomic E-state index is 12.4. The zero-order chi connectivity index (χ0) is 20.7. The van der Waals surface area contributed by atoms with Crippen LogP contribution < -0.4 is 5.32 Å². The molecule has 2 saturated heterocycles. The molecular weight excluding hydrogens is 402 g/mol. The number of hydrogen-bond acceptors (Lipinski definition) is 8. The Morgan fingerprint density at radius 1 is 1.27 bits per heavy atom. The highest BCUT2D eigenvalue weighted by atomic mass is 32.1. The van der Waals surface area contributed by atoms with Gasteiger partial charge in [0, 0.05) is 37.2 Å². The molecule has 3 aromatic rings. The molecule has 2 aliphatic rings. The van der Waals surface area contributed by atoms with Crippen LogP contribution in [0.1, 0.15) is 12.0 Å². The van der Waals surface area contributed by atoms with Crippen LogP contribution in [0.15, 0.2) is 41.9 Å². The topological polar surface area (TPSA) is 100 Å². The van der Waals surface area contributed by atoms with E-state index in [9.17, 15) is 9.90 Å². The Hall–Kier alpha value is -2.88. The van der Waals surface area contributed by atoms with Gasteiger partial charge in [-0.05, 0) is 17.7 Å². The summed E-state index contributed by atoms with van der Waals surface area (Å²) in [4.78, 5) is 27.5. The zero-order valence-corrected chi connectivity index (χ0v) is 17.2. The number of carbonyl (C=O) groups is 1. The third-order valence-corrected chi connectivity index (χ3v) is 6.38. The summed E-state index contributed by atoms with van der Waals surface area (Å²) in [6.45, 7) is 1.86. The number of ether oxygens (including phenoxy) is 1. The van der Waals surface area contributed by atoms with Crippen molar-refractivity contribution in [1.29, 1.82) is 0 Å². The number of nitrogens with one attached hydrogen (secondary N) is 1. The van der Waals surface area contributed by atoms with Crippen molar-refractivity contribution < 1.29 is 14.6 Å². The molecule has 1 amide bonds. The fourth-order valence-corrected chi connectivity index (χ4v) is 4.44. The summed E-state index contributed by atoms with van der Waals surface area (Å²) in [6, 6.07) is 9.50. The minimum Gasteiger partial charge on any atom is -0.377 e. The van der Waals surface area contributed by atoms with Gasteiger partial charge in [-0.3, -0.25) is 4.79 Å². The summed E-state index contributed by atoms with van der Waals surface area (Å²) in [6.07, 6.45) is 2.10. The van der Waals surface area contributed by atoms with Crippen molar-refractivity contribution in [1.82, 2.24) is 19.9 Å². The molecule has 9 heteroatoms. The lowest BCUT2D eigenvalue weighted by atomic mass is 9.91. The molecule has 0 unspecified atom stereocenters. The normalized spacial score (nSPS) is 21.7. The van der Waals surface area contributed by atoms with Gasteiger partial charge in [-0.25, -0.2) is 15.0 Å². The number of nitrogens with zero attached hydrogens (tertiary/aromatic N) is 4. The first-order valence-electron chi connectivity index (χ1n) is 9.75. The number of likely N-dealkylation sites (tertiary alicyclic amines) is 1. The van der Waals surface area contributed by atoms with Gasteiger partial charge in [0.2, 0.25) is 5.95 Å². The monoisotopic (exact) mass is 423 g/mol. The number of benzene rings is 1. The van der Waals surface area contributed by atoms with Gasteiger partial charge in [-0.1, -0.05) is 18.2 Å². The van der Waals surface area contributed by atoms with Crippen molar-refractivity contribution in [2.45, 2.75) is 18.1 Å². The number of aliphatic hydroxyl groups is 1. The summed E-state index contributed by atoms with van der Waals surface area (Å²) >= 11 is 1.50. The van der Waals surface area contributed by atoms with Crippen molar-refractivity contribution in [3.8, 4) is 22.0 Å². The van der Waals surface area contributed by atoms with Crippen molar-refractivity contribution in [3.63, 3.8) is 0 Å². The SMILES string of the molecule is CN1CC[C@@](O)(c2cccc(-c3nc(-c4ccnc(NC5COC5)n4)cs3)c2)C1=O. The Morgan fingerprint density at radius 2 is 2.13 bits per heavy atom. The first-order chi connectivity index (χ1) is 14.5. The lowest BCUT2D eigenvalue weighted by Gasteiger charge is -2.26. The average Bonchev–Trinajstić information content (AvgIpc) is 3.33. The van der Waals surface area contributed by atoms with Crippen molar-refractivity contribution in [2.75, 3.05) is 32.1 Å². The van der Waals surface area contributed by atoms with Crippen LogP contribution in [-0.2, 0) is 15.1 Å². The van der Waals surface area contributed by atoms with E-state index in [2.05, 4.69) is 15.3 Å². The molecule has 0 aliphatic carbocycles. The van der Waals surface area contributed by atoms with Gasteiger partial charge in [-0.15, -0.1) is 11.3 Å². The van der Waals surface area contributed by atoms with E-state index in [4.69, 9.17) is 9.72 Å². The molecule has 5 rings (SSSR count). The Balaban J connectivity index is 1.41. The molecule has 8 nitrogen and oxygen atoms in total. The first kappa shape index (κ1) is 19.1. The third kappa shape index (κ3) is 3.34. The van der Waals surface area contributed by atoms with E-state index in [0.29, 0.717) is 37.7 Å². The maximum atomic E-state index is 12.4. The highest BCUT2D eigenvalue weighted by Crippen LogP contribution is 2.36. The van der Waals surface area contributed by atoms with Gasteiger partial charge < -0.3 is 20.1 Å². The second-order valence-electron chi connectivity index (χ2n) is 7.60. The first-order valence-corrected chi connectivity index (χ1v) is 10.6. The average molecular weight is 423 g/mol. The van der Waals surface area contributed by atoms with Crippen LogP contribution in [0.2, 0.25) is 0 Å². The second kappa shape index (κ2) is 7.42. The number of aromatic nitrogens is 3. The van der Waals surface area contributed by atoms with Crippen molar-refractivity contribution in [3.05, 3.63) is 47.5 Å². The molecule has 0 radical (unpaired) electrons. The molecule has 2 N–H and O–H groups in total. The summed E-state index contributed by atoms with van der Waals surface area (Å²) in [5.41, 5.74) is 1.48. The number of thiazole rings is 1. The van der Waals surface area contributed by atoms with Gasteiger partial charge in [0.15, 0.2) is 5.60 Å². The minimum atomic E-state index is -1.47. The third-order valence-electron chi connectivity index (χ3n) is 5.49. The van der Waals surface area contributed by atoms with Crippen molar-refractivity contribution >= 4 is 23.2 Å². The Kier molecular flexibility index (Phi) is 4.73. The Morgan fingerprint density at radius 3 is 2.87 bits per heavy atom. The molecule has 2 aliphatic heterocycles. The fourth-order valence-electron chi connectivity index (χ4n) is 3.63. The lowest BCUT2D eigenvalue weighted by Crippen LogP contribution is -2.40. The molecule has 0 spiro atoms. The molecule has 1 aromatic carbocycles. The number of hydrogen-bond donors (Lipinski definition) is 2. The van der Waals surface area contributed by atoms with Crippen molar-refractivity contribution in [2.24, 2.45) is 0 Å². The molecule has 2 fully saturated rings. The Bertz CT molecular complexity index is 1100. The number of carbonyl (C=O) groups excluding carboxylic acids is 1. The predicted octanol–water partition coefficient (Wildman–Crippen LogP) is 2.13. The van der Waals surface area contributed by atoms with Crippen LogP contribution in [0, 0.1) is 0 Å². The van der Waals surface area contributed by atoms with Crippen LogP contribution in [0.4, 0.5) is 5.95 Å². The van der Waals surface area contributed by atoms with E-state index in [1.807, 2.05) is 29.6 Å². The number of amides is 1. The molecule has 0 bridgehead atoms. The Labute approximate surface area is 177 Å². The largest absolute Gasteiger partial charge is 0.377 e. The summed E-state index contributed by atoms with van der Waals surface area (Å²) < 4.78 is 5.17. The molecule has 1 atom stereocenters. The van der Waals surface area contributed by atoms with Crippen LogP contribution >= 0.6 is 11.3 Å². The number of anilines is 1. The predicted molar refractivity (Wildman–Crippen MR) is 113 cm³/mol. The standard InChI is InChI=1S/C21H21N5O3S/c1-26-8-6-21(28,19(26)27)14-4-2-3-13(9-14)18-24-17(12-30-18)16-5-7-22-20(25-16)23-15-10-29-11-15/h2-5,7,9,12,15,28H,6,8,10-11H2,1H3,(H,22,23,25)/t21-/m1/s1. The summed E-state index contributed by atoms with van der Waals surface area (Å²) in [5, 5.41) is 16.9. The van der Waals surface area contributed by atoms with Crippen LogP contribution in [-0.4, -0.2) is 63.7 Å². The van der Waals surface area contributed by atoms with Gasteiger partial charge in [0.25, 0.3) is 5.91 Å². The molecular formula is C21H21N5O3S. The van der Waals surface area contributed by atoms with Crippen LogP contribution in [0.5, 0.6) is 0 Å². The fraction of sp³-hybridized carbons (Fsp3) is 0.333. The van der Waals surface area contributed by atoms with E-state index in [1.54, 1.807) is 24.2 Å². The molecule has 4 heterocycles. The van der Waals surface area contributed by atoms with Crippen LogP contribution in [0.3, 0.4) is 0 Å². The smallest absolute Gasteiger partial charge is 0.258 e. The quantitative estimate of drug-likeness (QED) is 0.648. The molecule has 2 aromatic heterocycles. The second-order valence-corrected chi connectivity index (χ2v) is 8.46.